The molecule has 162 valence electrons. The molecule has 0 saturated carbocycles. The van der Waals surface area contributed by atoms with Crippen LogP contribution in [-0.2, 0) is 13.3 Å². The maximum absolute atomic E-state index is 13.4. The molecule has 1 aromatic heterocycles. The van der Waals surface area contributed by atoms with E-state index in [1.807, 2.05) is 6.07 Å². The van der Waals surface area contributed by atoms with Gasteiger partial charge in [0, 0.05) is 38.9 Å². The molecule has 4 rings (SSSR count). The number of rotatable bonds is 6. The molecule has 0 unspecified atom stereocenters. The third-order valence-corrected chi connectivity index (χ3v) is 5.88. The van der Waals surface area contributed by atoms with E-state index in [1.54, 1.807) is 47.5 Å². The molecule has 1 saturated heterocycles. The molecule has 3 aromatic rings. The summed E-state index contributed by atoms with van der Waals surface area (Å²) in [6, 6.07) is 13.4. The van der Waals surface area contributed by atoms with Crippen molar-refractivity contribution in [3.8, 4) is 5.75 Å². The van der Waals surface area contributed by atoms with Crippen molar-refractivity contribution in [2.45, 2.75) is 13.3 Å². The summed E-state index contributed by atoms with van der Waals surface area (Å²) >= 11 is 12.1. The Kier molecular flexibility index (Phi) is 6.75. The second kappa shape index (κ2) is 9.68. The molecule has 1 aliphatic rings. The predicted molar refractivity (Wildman–Crippen MR) is 117 cm³/mol. The van der Waals surface area contributed by atoms with E-state index >= 15 is 0 Å². The van der Waals surface area contributed by atoms with Crippen molar-refractivity contribution in [2.75, 3.05) is 26.2 Å². The molecular formula is C22H21Cl2FN4O2. The monoisotopic (exact) mass is 462 g/mol. The first kappa shape index (κ1) is 21.6. The molecule has 1 amide bonds. The van der Waals surface area contributed by atoms with Crippen LogP contribution in [0.3, 0.4) is 0 Å². The van der Waals surface area contributed by atoms with E-state index < -0.39 is 0 Å². The van der Waals surface area contributed by atoms with Crippen molar-refractivity contribution in [1.82, 2.24) is 19.6 Å². The predicted octanol–water partition coefficient (Wildman–Crippen LogP) is 4.32. The molecule has 0 N–H and O–H groups in total. The number of hydrogen-bond acceptors (Lipinski definition) is 4. The molecule has 0 atom stereocenters. The Labute approximate surface area is 189 Å². The molecule has 31 heavy (non-hydrogen) atoms. The van der Waals surface area contributed by atoms with E-state index in [0.717, 1.165) is 18.7 Å². The molecule has 1 fully saturated rings. The van der Waals surface area contributed by atoms with Gasteiger partial charge in [0.15, 0.2) is 12.4 Å². The quantitative estimate of drug-likeness (QED) is 0.547. The zero-order valence-corrected chi connectivity index (χ0v) is 18.2. The summed E-state index contributed by atoms with van der Waals surface area (Å²) in [6.07, 6.45) is 1.69. The van der Waals surface area contributed by atoms with E-state index in [1.165, 1.54) is 10.7 Å². The normalized spacial score (nSPS) is 14.6. The van der Waals surface area contributed by atoms with Gasteiger partial charge < -0.3 is 9.64 Å². The highest BCUT2D eigenvalue weighted by Crippen LogP contribution is 2.31. The van der Waals surface area contributed by atoms with Crippen LogP contribution in [0.5, 0.6) is 5.75 Å². The number of nitrogens with zero attached hydrogens (tertiary/aromatic N) is 4. The highest BCUT2D eigenvalue weighted by Gasteiger charge is 2.23. The Balaban J connectivity index is 1.29. The number of piperazine rings is 1. The van der Waals surface area contributed by atoms with Crippen LogP contribution in [0.2, 0.25) is 10.0 Å². The average Bonchev–Trinajstić information content (AvgIpc) is 3.24. The van der Waals surface area contributed by atoms with Crippen molar-refractivity contribution in [3.63, 3.8) is 0 Å². The molecule has 0 bridgehead atoms. The van der Waals surface area contributed by atoms with E-state index in [9.17, 15) is 9.18 Å². The number of carbonyl (C=O) groups is 1. The third-order valence-electron chi connectivity index (χ3n) is 5.08. The molecule has 2 heterocycles. The maximum Gasteiger partial charge on any atom is 0.274 e. The van der Waals surface area contributed by atoms with Gasteiger partial charge in [0.2, 0.25) is 0 Å². The highest BCUT2D eigenvalue weighted by molar-refractivity contribution is 6.42. The van der Waals surface area contributed by atoms with E-state index in [0.29, 0.717) is 41.1 Å². The summed E-state index contributed by atoms with van der Waals surface area (Å²) in [5, 5.41) is 5.06. The van der Waals surface area contributed by atoms with Crippen LogP contribution in [-0.4, -0.2) is 51.7 Å². The largest absolute Gasteiger partial charge is 0.470 e. The Morgan fingerprint density at radius 1 is 1.06 bits per heavy atom. The van der Waals surface area contributed by atoms with Gasteiger partial charge in [0.25, 0.3) is 5.91 Å². The van der Waals surface area contributed by atoms with Gasteiger partial charge in [-0.1, -0.05) is 41.4 Å². The number of ether oxygens (including phenoxy) is 1. The number of benzene rings is 2. The SMILES string of the molecule is O=C(c1ccn(COc2cccc(Cl)c2Cl)n1)N1CCN(Cc2cccc(F)c2)CC1. The Morgan fingerprint density at radius 2 is 1.84 bits per heavy atom. The minimum Gasteiger partial charge on any atom is -0.470 e. The second-order valence-corrected chi connectivity index (χ2v) is 8.05. The summed E-state index contributed by atoms with van der Waals surface area (Å²) in [7, 11) is 0. The number of carbonyl (C=O) groups excluding carboxylic acids is 1. The van der Waals surface area contributed by atoms with Crippen molar-refractivity contribution < 1.29 is 13.9 Å². The van der Waals surface area contributed by atoms with Gasteiger partial charge in [-0.2, -0.15) is 5.10 Å². The average molecular weight is 463 g/mol. The first-order valence-corrected chi connectivity index (χ1v) is 10.6. The minimum atomic E-state index is -0.233. The lowest BCUT2D eigenvalue weighted by atomic mass is 10.2. The number of halogens is 3. The summed E-state index contributed by atoms with van der Waals surface area (Å²) in [5.74, 6) is 0.0976. The van der Waals surface area contributed by atoms with Gasteiger partial charge >= 0.3 is 0 Å². The van der Waals surface area contributed by atoms with Crippen LogP contribution in [0, 0.1) is 5.82 Å². The van der Waals surface area contributed by atoms with Gasteiger partial charge in [0.1, 0.15) is 16.6 Å². The lowest BCUT2D eigenvalue weighted by Gasteiger charge is -2.34. The molecular weight excluding hydrogens is 442 g/mol. The molecule has 9 heteroatoms. The lowest BCUT2D eigenvalue weighted by Crippen LogP contribution is -2.48. The smallest absolute Gasteiger partial charge is 0.274 e. The molecule has 6 nitrogen and oxygen atoms in total. The van der Waals surface area contributed by atoms with E-state index in [4.69, 9.17) is 27.9 Å². The fraction of sp³-hybridized carbons (Fsp3) is 0.273. The Bertz CT molecular complexity index is 1070. The Hall–Kier alpha value is -2.61. The zero-order valence-electron chi connectivity index (χ0n) is 16.7. The highest BCUT2D eigenvalue weighted by atomic mass is 35.5. The van der Waals surface area contributed by atoms with Crippen molar-refractivity contribution in [3.05, 3.63) is 81.8 Å². The van der Waals surface area contributed by atoms with E-state index in [-0.39, 0.29) is 18.5 Å². The Morgan fingerprint density at radius 3 is 2.61 bits per heavy atom. The second-order valence-electron chi connectivity index (χ2n) is 7.26. The van der Waals surface area contributed by atoms with Crippen LogP contribution < -0.4 is 4.74 Å². The molecule has 2 aromatic carbocycles. The maximum atomic E-state index is 13.4. The first-order chi connectivity index (χ1) is 15.0. The summed E-state index contributed by atoms with van der Waals surface area (Å²) in [4.78, 5) is 16.8. The molecule has 0 radical (unpaired) electrons. The molecule has 0 spiro atoms. The van der Waals surface area contributed by atoms with Crippen molar-refractivity contribution >= 4 is 29.1 Å². The lowest BCUT2D eigenvalue weighted by molar-refractivity contribution is 0.0620. The fourth-order valence-electron chi connectivity index (χ4n) is 3.44. The van der Waals surface area contributed by atoms with Crippen molar-refractivity contribution in [1.29, 1.82) is 0 Å². The van der Waals surface area contributed by atoms with Gasteiger partial charge in [-0.3, -0.25) is 9.69 Å². The van der Waals surface area contributed by atoms with Crippen LogP contribution in [0.4, 0.5) is 4.39 Å². The summed E-state index contributed by atoms with van der Waals surface area (Å²) < 4.78 is 20.5. The minimum absolute atomic E-state index is 0.106. The zero-order chi connectivity index (χ0) is 21.8. The summed E-state index contributed by atoms with van der Waals surface area (Å²) in [6.45, 7) is 3.40. The summed E-state index contributed by atoms with van der Waals surface area (Å²) in [5.41, 5.74) is 1.29. The van der Waals surface area contributed by atoms with Crippen LogP contribution in [0.1, 0.15) is 16.1 Å². The third kappa shape index (κ3) is 5.36. The standard InChI is InChI=1S/C22H21Cl2FN4O2/c23-18-5-2-6-20(21(18)24)31-15-29-8-7-19(26-29)22(30)28-11-9-27(10-12-28)14-16-3-1-4-17(25)13-16/h1-8,13H,9-12,14-15H2. The van der Waals surface area contributed by atoms with Crippen LogP contribution >= 0.6 is 23.2 Å². The van der Waals surface area contributed by atoms with Gasteiger partial charge in [-0.25, -0.2) is 9.07 Å². The number of amides is 1. The van der Waals surface area contributed by atoms with Crippen LogP contribution in [0.25, 0.3) is 0 Å². The topological polar surface area (TPSA) is 50.6 Å². The molecule has 0 aliphatic carbocycles. The van der Waals surface area contributed by atoms with Crippen LogP contribution in [0.15, 0.2) is 54.7 Å². The van der Waals surface area contributed by atoms with Crippen molar-refractivity contribution in [2.24, 2.45) is 0 Å². The van der Waals surface area contributed by atoms with Gasteiger partial charge in [-0.05, 0) is 35.9 Å². The first-order valence-electron chi connectivity index (χ1n) is 9.86. The van der Waals surface area contributed by atoms with Gasteiger partial charge in [0.05, 0.1) is 5.02 Å². The number of hydrogen-bond donors (Lipinski definition) is 0. The molecule has 1 aliphatic heterocycles. The van der Waals surface area contributed by atoms with Gasteiger partial charge in [-0.15, -0.1) is 0 Å². The fourth-order valence-corrected chi connectivity index (χ4v) is 3.79. The van der Waals surface area contributed by atoms with E-state index in [2.05, 4.69) is 10.00 Å². The number of aromatic nitrogens is 2.